The van der Waals surface area contributed by atoms with E-state index in [0.29, 0.717) is 5.92 Å². The molecular formula is C55H34N2S. The number of thiophene rings is 1. The summed E-state index contributed by atoms with van der Waals surface area (Å²) in [5.41, 5.74) is 13.8. The highest BCUT2D eigenvalue weighted by Gasteiger charge is 2.30. The molecule has 3 heteroatoms. The van der Waals surface area contributed by atoms with Gasteiger partial charge in [0, 0.05) is 49.6 Å². The summed E-state index contributed by atoms with van der Waals surface area (Å²) in [7, 11) is 0. The van der Waals surface area contributed by atoms with E-state index in [1.54, 1.807) is 0 Å². The summed E-state index contributed by atoms with van der Waals surface area (Å²) in [4.78, 5) is 5.06. The van der Waals surface area contributed by atoms with Crippen molar-refractivity contribution in [3.05, 3.63) is 193 Å². The van der Waals surface area contributed by atoms with E-state index in [1.807, 2.05) is 17.5 Å². The second kappa shape index (κ2) is 12.0. The Labute approximate surface area is 338 Å². The van der Waals surface area contributed by atoms with E-state index in [9.17, 15) is 0 Å². The molecule has 0 saturated carbocycles. The van der Waals surface area contributed by atoms with Gasteiger partial charge in [0.15, 0.2) is 0 Å². The fourth-order valence-corrected chi connectivity index (χ4v) is 11.5. The van der Waals surface area contributed by atoms with Crippen LogP contribution in [0.4, 0.5) is 0 Å². The van der Waals surface area contributed by atoms with Crippen molar-refractivity contribution >= 4 is 85.6 Å². The molecule has 0 spiro atoms. The summed E-state index contributed by atoms with van der Waals surface area (Å²) in [6.45, 7) is 2.37. The number of para-hydroxylation sites is 1. The molecule has 13 rings (SSSR count). The number of hydrogen-bond donors (Lipinski definition) is 0. The molecule has 0 N–H and O–H groups in total. The van der Waals surface area contributed by atoms with Gasteiger partial charge in [0.1, 0.15) is 0 Å². The normalized spacial score (nSPS) is 13.8. The number of benzene rings is 9. The van der Waals surface area contributed by atoms with Crippen LogP contribution in [0.1, 0.15) is 24.0 Å². The second-order valence-electron chi connectivity index (χ2n) is 15.8. The van der Waals surface area contributed by atoms with E-state index < -0.39 is 0 Å². The maximum atomic E-state index is 5.06. The van der Waals surface area contributed by atoms with Crippen LogP contribution in [0.5, 0.6) is 0 Å². The number of fused-ring (bicyclic) bond motifs is 16. The second-order valence-corrected chi connectivity index (χ2v) is 16.9. The van der Waals surface area contributed by atoms with E-state index in [1.165, 1.54) is 113 Å². The molecule has 0 fully saturated rings. The lowest BCUT2D eigenvalue weighted by molar-refractivity contribution is 0.957. The Morgan fingerprint density at radius 1 is 0.466 bits per heavy atom. The lowest BCUT2D eigenvalue weighted by Gasteiger charge is -2.14. The summed E-state index contributed by atoms with van der Waals surface area (Å²) in [6, 6.07) is 65.2. The van der Waals surface area contributed by atoms with Crippen LogP contribution in [0.25, 0.3) is 113 Å². The van der Waals surface area contributed by atoms with Gasteiger partial charge in [0.25, 0.3) is 0 Å². The molecule has 1 atom stereocenters. The predicted octanol–water partition coefficient (Wildman–Crippen LogP) is 15.5. The first kappa shape index (κ1) is 32.1. The number of nitrogens with zero attached hydrogens (tertiary/aromatic N) is 2. The van der Waals surface area contributed by atoms with E-state index in [-0.39, 0.29) is 0 Å². The van der Waals surface area contributed by atoms with Gasteiger partial charge in [-0.05, 0) is 108 Å². The zero-order chi connectivity index (χ0) is 38.1. The van der Waals surface area contributed by atoms with Crippen LogP contribution in [-0.4, -0.2) is 9.55 Å². The molecule has 12 aromatic rings. The molecule has 0 saturated heterocycles. The number of pyridine rings is 1. The fourth-order valence-electron chi connectivity index (χ4n) is 10.3. The summed E-state index contributed by atoms with van der Waals surface area (Å²) in [6.07, 6.45) is 1.99. The minimum absolute atomic E-state index is 0.307. The van der Waals surface area contributed by atoms with Gasteiger partial charge >= 0.3 is 0 Å². The molecular weight excluding hydrogens is 721 g/mol. The predicted molar refractivity (Wildman–Crippen MR) is 248 cm³/mol. The first-order valence-corrected chi connectivity index (χ1v) is 20.9. The molecule has 0 amide bonds. The van der Waals surface area contributed by atoms with Gasteiger partial charge in [0.2, 0.25) is 0 Å². The fraction of sp³-hybridized carbons (Fsp3) is 0.0364. The van der Waals surface area contributed by atoms with Crippen molar-refractivity contribution < 1.29 is 0 Å². The smallest absolute Gasteiger partial charge is 0.0880 e. The van der Waals surface area contributed by atoms with Crippen molar-refractivity contribution in [2.45, 2.75) is 12.8 Å². The summed E-state index contributed by atoms with van der Waals surface area (Å²) >= 11 is 1.84. The minimum atomic E-state index is 0.307. The standard InChI is InChI=1S/C55H34N2S/c1-32-37-13-2-3-14-38(37)45-24-25-46-44-19-8-9-20-50(44)57(54(46)52(32)45)36-22-26-51-49(31-36)47-27-28-56-53(55(47)58-51)35-12-10-11-33(29-35)34-21-23-43-41-17-5-4-15-39(41)40-16-6-7-18-42(40)48(43)30-34/h2-32H,1H3. The third kappa shape index (κ3) is 4.39. The van der Waals surface area contributed by atoms with Gasteiger partial charge in [-0.3, -0.25) is 4.98 Å². The van der Waals surface area contributed by atoms with Gasteiger partial charge in [0.05, 0.1) is 21.4 Å². The molecule has 3 aromatic heterocycles. The minimum Gasteiger partial charge on any atom is -0.309 e. The molecule has 3 heterocycles. The molecule has 58 heavy (non-hydrogen) atoms. The van der Waals surface area contributed by atoms with E-state index in [2.05, 4.69) is 187 Å². The van der Waals surface area contributed by atoms with E-state index in [0.717, 1.165) is 11.3 Å². The van der Waals surface area contributed by atoms with Crippen LogP contribution in [0, 0.1) is 0 Å². The van der Waals surface area contributed by atoms with Crippen LogP contribution >= 0.6 is 11.3 Å². The van der Waals surface area contributed by atoms with Crippen molar-refractivity contribution in [3.63, 3.8) is 0 Å². The number of hydrogen-bond acceptors (Lipinski definition) is 2. The maximum Gasteiger partial charge on any atom is 0.0880 e. The van der Waals surface area contributed by atoms with Crippen molar-refractivity contribution in [3.8, 4) is 39.2 Å². The maximum absolute atomic E-state index is 5.06. The Morgan fingerprint density at radius 3 is 1.97 bits per heavy atom. The quantitative estimate of drug-likeness (QED) is 0.164. The highest BCUT2D eigenvalue weighted by Crippen LogP contribution is 2.50. The number of rotatable bonds is 3. The van der Waals surface area contributed by atoms with Crippen molar-refractivity contribution in [2.75, 3.05) is 0 Å². The zero-order valence-corrected chi connectivity index (χ0v) is 32.5. The van der Waals surface area contributed by atoms with Crippen LogP contribution < -0.4 is 0 Å². The Bertz CT molecular complexity index is 3680. The van der Waals surface area contributed by atoms with Crippen molar-refractivity contribution in [2.24, 2.45) is 0 Å². The first-order valence-electron chi connectivity index (χ1n) is 20.1. The highest BCUT2D eigenvalue weighted by atomic mass is 32.1. The van der Waals surface area contributed by atoms with Gasteiger partial charge in [-0.1, -0.05) is 140 Å². The Balaban J connectivity index is 0.968. The molecule has 0 aliphatic heterocycles. The average Bonchev–Trinajstić information content (AvgIpc) is 3.93. The van der Waals surface area contributed by atoms with Gasteiger partial charge < -0.3 is 4.57 Å². The Morgan fingerprint density at radius 2 is 1.14 bits per heavy atom. The SMILES string of the molecule is CC1c2ccccc2-c2ccc3c4ccccc4n(-c4ccc5sc6c(-c7cccc(-c8ccc9c%10ccccc%10c%10ccccc%10c9c8)c7)nccc6c5c4)c3c21. The van der Waals surface area contributed by atoms with Crippen LogP contribution in [0.15, 0.2) is 182 Å². The first-order chi connectivity index (χ1) is 28.7. The molecule has 1 aliphatic rings. The molecule has 1 aliphatic carbocycles. The molecule has 0 bridgehead atoms. The zero-order valence-electron chi connectivity index (χ0n) is 31.7. The third-order valence-electron chi connectivity index (χ3n) is 12.9. The molecule has 0 radical (unpaired) electrons. The Kier molecular flexibility index (Phi) is 6.62. The highest BCUT2D eigenvalue weighted by molar-refractivity contribution is 7.26. The van der Waals surface area contributed by atoms with Crippen LogP contribution in [0.3, 0.4) is 0 Å². The number of aromatic nitrogens is 2. The van der Waals surface area contributed by atoms with E-state index in [4.69, 9.17) is 4.98 Å². The summed E-state index contributed by atoms with van der Waals surface area (Å²) in [5.74, 6) is 0.307. The van der Waals surface area contributed by atoms with Gasteiger partial charge in [-0.25, -0.2) is 0 Å². The average molecular weight is 755 g/mol. The molecule has 1 unspecified atom stereocenters. The summed E-state index contributed by atoms with van der Waals surface area (Å²) < 4.78 is 5.01. The lowest BCUT2D eigenvalue weighted by Crippen LogP contribution is -1.99. The molecule has 270 valence electrons. The van der Waals surface area contributed by atoms with Crippen molar-refractivity contribution in [1.82, 2.24) is 9.55 Å². The third-order valence-corrected chi connectivity index (χ3v) is 14.1. The topological polar surface area (TPSA) is 17.8 Å². The van der Waals surface area contributed by atoms with E-state index >= 15 is 0 Å². The molecule has 2 nitrogen and oxygen atoms in total. The molecule has 9 aromatic carbocycles. The van der Waals surface area contributed by atoms with Crippen LogP contribution in [-0.2, 0) is 0 Å². The Hall–Kier alpha value is -7.07. The van der Waals surface area contributed by atoms with Gasteiger partial charge in [-0.15, -0.1) is 11.3 Å². The van der Waals surface area contributed by atoms with Gasteiger partial charge in [-0.2, -0.15) is 0 Å². The largest absolute Gasteiger partial charge is 0.309 e. The summed E-state index contributed by atoms with van der Waals surface area (Å²) in [5, 5.41) is 12.9. The van der Waals surface area contributed by atoms with Crippen molar-refractivity contribution in [1.29, 1.82) is 0 Å². The monoisotopic (exact) mass is 754 g/mol. The van der Waals surface area contributed by atoms with Crippen LogP contribution in [0.2, 0.25) is 0 Å². The lowest BCUT2D eigenvalue weighted by atomic mass is 9.91.